The average Bonchev–Trinajstić information content (AvgIpc) is 3.36. The standard InChI is InChI=1S/C18H16Cl2N4O/c1-9-6-14(21)22-8-13(9)24-15(7-10-2-3-10)23-17-12(20)5-4-11(19)16(17)18(24)25/h4-6,8,10H,2-3,7H2,1H3,(H2,21,22). The summed E-state index contributed by atoms with van der Waals surface area (Å²) in [7, 11) is 0. The molecular formula is C18H16Cl2N4O. The maximum Gasteiger partial charge on any atom is 0.267 e. The number of aromatic nitrogens is 3. The molecule has 2 N–H and O–H groups in total. The Balaban J connectivity index is 2.08. The van der Waals surface area contributed by atoms with Gasteiger partial charge >= 0.3 is 0 Å². The summed E-state index contributed by atoms with van der Waals surface area (Å²) < 4.78 is 1.60. The summed E-state index contributed by atoms with van der Waals surface area (Å²) in [5, 5.41) is 1.09. The zero-order valence-electron chi connectivity index (χ0n) is 13.6. The van der Waals surface area contributed by atoms with Crippen molar-refractivity contribution in [2.24, 2.45) is 5.92 Å². The maximum absolute atomic E-state index is 13.3. The SMILES string of the molecule is Cc1cc(N)ncc1-n1c(CC2CC2)nc2c(Cl)ccc(Cl)c2c1=O. The smallest absolute Gasteiger partial charge is 0.267 e. The summed E-state index contributed by atoms with van der Waals surface area (Å²) in [5.74, 6) is 1.64. The van der Waals surface area contributed by atoms with Crippen LogP contribution in [0.25, 0.3) is 16.6 Å². The molecule has 2 heterocycles. The van der Waals surface area contributed by atoms with E-state index in [1.807, 2.05) is 6.92 Å². The van der Waals surface area contributed by atoms with Gasteiger partial charge < -0.3 is 5.73 Å². The second kappa shape index (κ2) is 6.00. The molecule has 0 amide bonds. The van der Waals surface area contributed by atoms with Crippen LogP contribution in [0.4, 0.5) is 5.82 Å². The number of benzene rings is 1. The molecule has 128 valence electrons. The van der Waals surface area contributed by atoms with Crippen molar-refractivity contribution in [1.82, 2.24) is 14.5 Å². The fourth-order valence-corrected chi connectivity index (χ4v) is 3.47. The first kappa shape index (κ1) is 16.4. The second-order valence-corrected chi connectivity index (χ2v) is 7.28. The van der Waals surface area contributed by atoms with Crippen molar-refractivity contribution in [3.05, 3.63) is 56.2 Å². The molecular weight excluding hydrogens is 359 g/mol. The first-order valence-electron chi connectivity index (χ1n) is 8.08. The van der Waals surface area contributed by atoms with Gasteiger partial charge in [0.15, 0.2) is 0 Å². The van der Waals surface area contributed by atoms with Gasteiger partial charge in [0.2, 0.25) is 0 Å². The van der Waals surface area contributed by atoms with Crippen LogP contribution in [0.5, 0.6) is 0 Å². The third kappa shape index (κ3) is 2.87. The number of nitrogen functional groups attached to an aromatic ring is 1. The van der Waals surface area contributed by atoms with Gasteiger partial charge in [-0.15, -0.1) is 0 Å². The Morgan fingerprint density at radius 2 is 2.00 bits per heavy atom. The molecule has 25 heavy (non-hydrogen) atoms. The summed E-state index contributed by atoms with van der Waals surface area (Å²) in [6.45, 7) is 1.89. The molecule has 1 saturated carbocycles. The molecule has 1 aromatic carbocycles. The lowest BCUT2D eigenvalue weighted by molar-refractivity contribution is 0.725. The number of pyridine rings is 1. The Labute approximate surface area is 154 Å². The molecule has 0 unspecified atom stereocenters. The Morgan fingerprint density at radius 3 is 2.68 bits per heavy atom. The van der Waals surface area contributed by atoms with E-state index in [1.54, 1.807) is 29.0 Å². The monoisotopic (exact) mass is 374 g/mol. The number of rotatable bonds is 3. The van der Waals surface area contributed by atoms with Crippen molar-refractivity contribution in [2.75, 3.05) is 5.73 Å². The molecule has 1 aliphatic carbocycles. The van der Waals surface area contributed by atoms with E-state index in [2.05, 4.69) is 4.98 Å². The summed E-state index contributed by atoms with van der Waals surface area (Å²) in [5.41, 5.74) is 7.49. The van der Waals surface area contributed by atoms with Crippen LogP contribution in [0, 0.1) is 12.8 Å². The molecule has 2 aromatic heterocycles. The Kier molecular flexibility index (Phi) is 3.93. The summed E-state index contributed by atoms with van der Waals surface area (Å²) in [4.78, 5) is 22.1. The van der Waals surface area contributed by atoms with E-state index in [0.29, 0.717) is 44.2 Å². The van der Waals surface area contributed by atoms with Crippen LogP contribution >= 0.6 is 23.2 Å². The molecule has 0 radical (unpaired) electrons. The zero-order chi connectivity index (χ0) is 17.7. The number of fused-ring (bicyclic) bond motifs is 1. The van der Waals surface area contributed by atoms with Gasteiger partial charge in [-0.3, -0.25) is 9.36 Å². The quantitative estimate of drug-likeness (QED) is 0.753. The molecule has 0 saturated heterocycles. The largest absolute Gasteiger partial charge is 0.384 e. The number of aryl methyl sites for hydroxylation is 1. The Bertz CT molecular complexity index is 1060. The molecule has 0 spiro atoms. The molecule has 0 atom stereocenters. The highest BCUT2D eigenvalue weighted by molar-refractivity contribution is 6.39. The molecule has 3 aromatic rings. The zero-order valence-corrected chi connectivity index (χ0v) is 15.1. The van der Waals surface area contributed by atoms with Crippen molar-refractivity contribution < 1.29 is 0 Å². The number of nitrogens with zero attached hydrogens (tertiary/aromatic N) is 3. The minimum Gasteiger partial charge on any atom is -0.384 e. The number of hydrogen-bond acceptors (Lipinski definition) is 4. The van der Waals surface area contributed by atoms with Gasteiger partial charge in [-0.2, -0.15) is 0 Å². The second-order valence-electron chi connectivity index (χ2n) is 6.46. The third-order valence-corrected chi connectivity index (χ3v) is 5.13. The van der Waals surface area contributed by atoms with Crippen LogP contribution in [-0.2, 0) is 6.42 Å². The van der Waals surface area contributed by atoms with Crippen LogP contribution in [-0.4, -0.2) is 14.5 Å². The minimum absolute atomic E-state index is 0.233. The van der Waals surface area contributed by atoms with E-state index in [0.717, 1.165) is 24.8 Å². The predicted octanol–water partition coefficient (Wildman–Crippen LogP) is 3.93. The van der Waals surface area contributed by atoms with Gasteiger partial charge in [-0.05, 0) is 49.4 Å². The lowest BCUT2D eigenvalue weighted by Gasteiger charge is -2.16. The lowest BCUT2D eigenvalue weighted by Crippen LogP contribution is -2.25. The summed E-state index contributed by atoms with van der Waals surface area (Å²) in [6.07, 6.45) is 4.62. The van der Waals surface area contributed by atoms with Crippen molar-refractivity contribution >= 4 is 39.9 Å². The highest BCUT2D eigenvalue weighted by atomic mass is 35.5. The fraction of sp³-hybridized carbons (Fsp3) is 0.278. The van der Waals surface area contributed by atoms with E-state index in [-0.39, 0.29) is 5.56 Å². The number of nitrogens with two attached hydrogens (primary N) is 1. The summed E-state index contributed by atoms with van der Waals surface area (Å²) >= 11 is 12.6. The van der Waals surface area contributed by atoms with Crippen molar-refractivity contribution in [2.45, 2.75) is 26.2 Å². The van der Waals surface area contributed by atoms with Gasteiger partial charge in [0, 0.05) is 6.42 Å². The minimum atomic E-state index is -0.233. The van der Waals surface area contributed by atoms with Crippen LogP contribution < -0.4 is 11.3 Å². The van der Waals surface area contributed by atoms with Gasteiger partial charge in [0.25, 0.3) is 5.56 Å². The molecule has 4 rings (SSSR count). The molecule has 7 heteroatoms. The van der Waals surface area contributed by atoms with Crippen LogP contribution in [0.1, 0.15) is 24.2 Å². The molecule has 1 aliphatic rings. The molecule has 0 aliphatic heterocycles. The Hall–Kier alpha value is -2.11. The average molecular weight is 375 g/mol. The van der Waals surface area contributed by atoms with Gasteiger partial charge in [0.05, 0.1) is 32.8 Å². The van der Waals surface area contributed by atoms with E-state index in [9.17, 15) is 4.79 Å². The predicted molar refractivity (Wildman–Crippen MR) is 101 cm³/mol. The van der Waals surface area contributed by atoms with E-state index in [4.69, 9.17) is 33.9 Å². The fourth-order valence-electron chi connectivity index (χ4n) is 3.03. The van der Waals surface area contributed by atoms with Crippen molar-refractivity contribution in [3.63, 3.8) is 0 Å². The highest BCUT2D eigenvalue weighted by Gasteiger charge is 2.26. The van der Waals surface area contributed by atoms with Crippen molar-refractivity contribution in [3.8, 4) is 5.69 Å². The van der Waals surface area contributed by atoms with Crippen LogP contribution in [0.15, 0.2) is 29.2 Å². The Morgan fingerprint density at radius 1 is 1.28 bits per heavy atom. The topological polar surface area (TPSA) is 73.8 Å². The third-order valence-electron chi connectivity index (χ3n) is 4.51. The lowest BCUT2D eigenvalue weighted by atomic mass is 10.1. The van der Waals surface area contributed by atoms with Gasteiger partial charge in [0.1, 0.15) is 11.6 Å². The van der Waals surface area contributed by atoms with E-state index >= 15 is 0 Å². The number of halogens is 2. The van der Waals surface area contributed by atoms with Crippen LogP contribution in [0.3, 0.4) is 0 Å². The number of hydrogen-bond donors (Lipinski definition) is 1. The first-order valence-corrected chi connectivity index (χ1v) is 8.83. The molecule has 1 fully saturated rings. The highest BCUT2D eigenvalue weighted by Crippen LogP contribution is 2.34. The van der Waals surface area contributed by atoms with Gasteiger partial charge in [-0.1, -0.05) is 23.2 Å². The van der Waals surface area contributed by atoms with E-state index < -0.39 is 0 Å². The molecule has 0 bridgehead atoms. The summed E-state index contributed by atoms with van der Waals surface area (Å²) in [6, 6.07) is 5.03. The number of anilines is 1. The van der Waals surface area contributed by atoms with Crippen molar-refractivity contribution in [1.29, 1.82) is 0 Å². The maximum atomic E-state index is 13.3. The van der Waals surface area contributed by atoms with Gasteiger partial charge in [-0.25, -0.2) is 9.97 Å². The first-order chi connectivity index (χ1) is 12.0. The normalized spacial score (nSPS) is 14.2. The van der Waals surface area contributed by atoms with Crippen LogP contribution in [0.2, 0.25) is 10.0 Å². The molecule has 5 nitrogen and oxygen atoms in total. The van der Waals surface area contributed by atoms with E-state index in [1.165, 1.54) is 0 Å².